The summed E-state index contributed by atoms with van der Waals surface area (Å²) in [4.78, 5) is 4.08. The monoisotopic (exact) mass is 212 g/mol. The molecule has 0 radical (unpaired) electrons. The highest BCUT2D eigenvalue weighted by molar-refractivity contribution is 5.84. The van der Waals surface area contributed by atoms with Gasteiger partial charge in [-0.05, 0) is 20.8 Å². The number of rotatable bonds is 4. The van der Waals surface area contributed by atoms with Gasteiger partial charge >= 0.3 is 0 Å². The molecule has 0 saturated carbocycles. The van der Waals surface area contributed by atoms with Gasteiger partial charge in [0.05, 0.1) is 18.3 Å². The third-order valence-electron chi connectivity index (χ3n) is 2.07. The number of amidine groups is 1. The molecular formula is C9H16N4O2. The second kappa shape index (κ2) is 4.79. The number of oxazole rings is 1. The van der Waals surface area contributed by atoms with Gasteiger partial charge in [0.15, 0.2) is 5.84 Å². The molecule has 0 aliphatic carbocycles. The van der Waals surface area contributed by atoms with E-state index in [1.54, 1.807) is 13.1 Å². The van der Waals surface area contributed by atoms with E-state index < -0.39 is 0 Å². The molecule has 0 spiro atoms. The molecule has 0 aromatic carbocycles. The number of aryl methyl sites for hydroxylation is 1. The Kier molecular flexibility index (Phi) is 3.68. The number of oxime groups is 1. The van der Waals surface area contributed by atoms with Gasteiger partial charge in [-0.1, -0.05) is 5.16 Å². The van der Waals surface area contributed by atoms with Crippen molar-refractivity contribution in [3.05, 3.63) is 17.8 Å². The number of nitrogens with two attached hydrogens (primary N) is 1. The minimum atomic E-state index is -0.239. The molecule has 1 aromatic rings. The van der Waals surface area contributed by atoms with Crippen LogP contribution < -0.4 is 11.1 Å². The second-order valence-corrected chi connectivity index (χ2v) is 3.44. The van der Waals surface area contributed by atoms with E-state index in [0.29, 0.717) is 5.89 Å². The van der Waals surface area contributed by atoms with Crippen molar-refractivity contribution in [2.24, 2.45) is 10.9 Å². The van der Waals surface area contributed by atoms with E-state index in [-0.39, 0.29) is 17.9 Å². The Morgan fingerprint density at radius 3 is 2.80 bits per heavy atom. The zero-order valence-electron chi connectivity index (χ0n) is 9.06. The first-order chi connectivity index (χ1) is 7.04. The average Bonchev–Trinajstić information content (AvgIpc) is 2.63. The van der Waals surface area contributed by atoms with Crippen LogP contribution in [0.4, 0.5) is 0 Å². The maximum Gasteiger partial charge on any atom is 0.211 e. The van der Waals surface area contributed by atoms with Crippen LogP contribution in [-0.2, 0) is 0 Å². The lowest BCUT2D eigenvalue weighted by atomic mass is 10.2. The number of nitrogens with one attached hydrogen (secondary N) is 1. The molecule has 6 nitrogen and oxygen atoms in total. The molecule has 1 aromatic heterocycles. The van der Waals surface area contributed by atoms with Crippen molar-refractivity contribution in [3.63, 3.8) is 0 Å². The maximum absolute atomic E-state index is 8.48. The average molecular weight is 212 g/mol. The van der Waals surface area contributed by atoms with Crippen molar-refractivity contribution in [3.8, 4) is 0 Å². The highest BCUT2D eigenvalue weighted by Gasteiger charge is 2.16. The summed E-state index contributed by atoms with van der Waals surface area (Å²) in [5.74, 6) is 1.48. The predicted octanol–water partition coefficient (Wildman–Crippen LogP) is 0.769. The lowest BCUT2D eigenvalue weighted by molar-refractivity contribution is 0.313. The molecule has 0 aliphatic heterocycles. The Morgan fingerprint density at radius 1 is 1.67 bits per heavy atom. The smallest absolute Gasteiger partial charge is 0.211 e. The second-order valence-electron chi connectivity index (χ2n) is 3.44. The van der Waals surface area contributed by atoms with Crippen molar-refractivity contribution in [1.29, 1.82) is 0 Å². The molecule has 1 rings (SSSR count). The van der Waals surface area contributed by atoms with Gasteiger partial charge in [-0.2, -0.15) is 0 Å². The Hall–Kier alpha value is -1.56. The molecule has 15 heavy (non-hydrogen) atoms. The molecule has 0 saturated heterocycles. The van der Waals surface area contributed by atoms with Crippen LogP contribution in [0.2, 0.25) is 0 Å². The number of hydrogen-bond acceptors (Lipinski definition) is 5. The zero-order chi connectivity index (χ0) is 11.4. The topological polar surface area (TPSA) is 96.7 Å². The van der Waals surface area contributed by atoms with Gasteiger partial charge in [0, 0.05) is 0 Å². The van der Waals surface area contributed by atoms with Crippen LogP contribution >= 0.6 is 0 Å². The van der Waals surface area contributed by atoms with E-state index >= 15 is 0 Å². The summed E-state index contributed by atoms with van der Waals surface area (Å²) >= 11 is 0. The van der Waals surface area contributed by atoms with Crippen molar-refractivity contribution in [2.75, 3.05) is 0 Å². The molecule has 0 aliphatic rings. The van der Waals surface area contributed by atoms with E-state index in [9.17, 15) is 0 Å². The lowest BCUT2D eigenvalue weighted by Gasteiger charge is -2.16. The van der Waals surface area contributed by atoms with Crippen LogP contribution in [0.15, 0.2) is 15.8 Å². The minimum absolute atomic E-state index is 0.0889. The fourth-order valence-electron chi connectivity index (χ4n) is 1.19. The fourth-order valence-corrected chi connectivity index (χ4v) is 1.19. The Bertz CT molecular complexity index is 348. The first-order valence-electron chi connectivity index (χ1n) is 4.70. The molecule has 84 valence electrons. The van der Waals surface area contributed by atoms with Gasteiger partial charge in [-0.15, -0.1) is 0 Å². The summed E-state index contributed by atoms with van der Waals surface area (Å²) in [6.07, 6.45) is 1.65. The van der Waals surface area contributed by atoms with Gasteiger partial charge in [0.1, 0.15) is 5.76 Å². The molecule has 4 N–H and O–H groups in total. The molecule has 0 bridgehead atoms. The molecular weight excluding hydrogens is 196 g/mol. The number of aromatic nitrogens is 1. The van der Waals surface area contributed by atoms with E-state index in [4.69, 9.17) is 15.4 Å². The Morgan fingerprint density at radius 2 is 2.33 bits per heavy atom. The van der Waals surface area contributed by atoms with Crippen molar-refractivity contribution < 1.29 is 9.62 Å². The Labute approximate surface area is 88.2 Å². The van der Waals surface area contributed by atoms with E-state index in [1.165, 1.54) is 0 Å². The van der Waals surface area contributed by atoms with E-state index in [0.717, 1.165) is 5.76 Å². The summed E-state index contributed by atoms with van der Waals surface area (Å²) in [6.45, 7) is 5.52. The zero-order valence-corrected chi connectivity index (χ0v) is 9.06. The van der Waals surface area contributed by atoms with Gasteiger partial charge < -0.3 is 15.4 Å². The van der Waals surface area contributed by atoms with Crippen LogP contribution in [0, 0.1) is 6.92 Å². The summed E-state index contributed by atoms with van der Waals surface area (Å²) < 4.78 is 5.34. The minimum Gasteiger partial charge on any atom is -0.444 e. The highest BCUT2D eigenvalue weighted by atomic mass is 16.4. The lowest BCUT2D eigenvalue weighted by Crippen LogP contribution is -2.40. The van der Waals surface area contributed by atoms with Gasteiger partial charge in [-0.3, -0.25) is 5.32 Å². The summed E-state index contributed by atoms with van der Waals surface area (Å²) in [5.41, 5.74) is 5.43. The number of nitrogens with zero attached hydrogens (tertiary/aromatic N) is 2. The third kappa shape index (κ3) is 2.95. The first kappa shape index (κ1) is 11.5. The number of hydrogen-bond donors (Lipinski definition) is 3. The molecule has 1 heterocycles. The van der Waals surface area contributed by atoms with Crippen molar-refractivity contribution in [1.82, 2.24) is 10.3 Å². The Balaban J connectivity index is 2.59. The molecule has 2 atom stereocenters. The SMILES string of the molecule is Cc1cnc(C(C)NC(C)/C(N)=N/O)o1. The van der Waals surface area contributed by atoms with E-state index in [1.807, 2.05) is 13.8 Å². The third-order valence-corrected chi connectivity index (χ3v) is 2.07. The highest BCUT2D eigenvalue weighted by Crippen LogP contribution is 2.12. The van der Waals surface area contributed by atoms with Crippen LogP contribution in [0.1, 0.15) is 31.5 Å². The van der Waals surface area contributed by atoms with Crippen LogP contribution in [0.3, 0.4) is 0 Å². The maximum atomic E-state index is 8.48. The van der Waals surface area contributed by atoms with Crippen LogP contribution in [0.5, 0.6) is 0 Å². The normalized spacial score (nSPS) is 16.3. The first-order valence-corrected chi connectivity index (χ1v) is 4.70. The molecule has 2 unspecified atom stereocenters. The molecule has 0 fully saturated rings. The van der Waals surface area contributed by atoms with Gasteiger partial charge in [0.2, 0.25) is 5.89 Å². The van der Waals surface area contributed by atoms with Crippen molar-refractivity contribution in [2.45, 2.75) is 32.9 Å². The predicted molar refractivity (Wildman–Crippen MR) is 55.7 cm³/mol. The fraction of sp³-hybridized carbons (Fsp3) is 0.556. The molecule has 6 heteroatoms. The van der Waals surface area contributed by atoms with Gasteiger partial charge in [0.25, 0.3) is 0 Å². The summed E-state index contributed by atoms with van der Waals surface area (Å²) in [5, 5.41) is 14.5. The van der Waals surface area contributed by atoms with E-state index in [2.05, 4.69) is 15.5 Å². The summed E-state index contributed by atoms with van der Waals surface area (Å²) in [7, 11) is 0. The van der Waals surface area contributed by atoms with Crippen LogP contribution in [-0.4, -0.2) is 22.1 Å². The van der Waals surface area contributed by atoms with Crippen LogP contribution in [0.25, 0.3) is 0 Å². The quantitative estimate of drug-likeness (QED) is 0.296. The molecule has 0 amide bonds. The standard InChI is InChI=1S/C9H16N4O2/c1-5-4-11-9(15-5)7(3)12-6(2)8(10)13-14/h4,6-7,12,14H,1-3H3,(H2,10,13). The summed E-state index contributed by atoms with van der Waals surface area (Å²) in [6, 6.07) is -0.328. The van der Waals surface area contributed by atoms with Crippen molar-refractivity contribution >= 4 is 5.84 Å². The largest absolute Gasteiger partial charge is 0.444 e. The van der Waals surface area contributed by atoms with Gasteiger partial charge in [-0.25, -0.2) is 4.98 Å².